The summed E-state index contributed by atoms with van der Waals surface area (Å²) in [6, 6.07) is 10.9. The van der Waals surface area contributed by atoms with Crippen LogP contribution in [0, 0.1) is 5.92 Å². The minimum atomic E-state index is -0.426. The quantitative estimate of drug-likeness (QED) is 0.720. The number of ether oxygens (including phenoxy) is 3. The first-order chi connectivity index (χ1) is 14.0. The van der Waals surface area contributed by atoms with Crippen molar-refractivity contribution in [2.75, 3.05) is 27.9 Å². The maximum absolute atomic E-state index is 12.4. The predicted octanol–water partition coefficient (Wildman–Crippen LogP) is 1.02. The Hall–Kier alpha value is -3.35. The molecule has 29 heavy (non-hydrogen) atoms. The van der Waals surface area contributed by atoms with E-state index >= 15 is 0 Å². The highest BCUT2D eigenvalue weighted by Crippen LogP contribution is 2.15. The Kier molecular flexibility index (Phi) is 6.49. The molecular weight excluding hydrogens is 372 g/mol. The lowest BCUT2D eigenvalue weighted by atomic mass is 9.99. The summed E-state index contributed by atoms with van der Waals surface area (Å²) in [5.74, 6) is 1.12. The van der Waals surface area contributed by atoms with Gasteiger partial charge in [0.25, 0.3) is 5.91 Å². The molecule has 1 atom stereocenters. The Morgan fingerprint density at radius 2 is 1.69 bits per heavy atom. The van der Waals surface area contributed by atoms with Crippen LogP contribution in [0.2, 0.25) is 0 Å². The van der Waals surface area contributed by atoms with E-state index in [1.807, 2.05) is 30.3 Å². The molecule has 0 bridgehead atoms. The number of hydrogen-bond acceptors (Lipinski definition) is 5. The lowest BCUT2D eigenvalue weighted by molar-refractivity contribution is -0.122. The van der Waals surface area contributed by atoms with Gasteiger partial charge in [0.2, 0.25) is 5.91 Å². The number of nitrogens with zero attached hydrogens (tertiary/aromatic N) is 1. The van der Waals surface area contributed by atoms with Gasteiger partial charge >= 0.3 is 0 Å². The third kappa shape index (κ3) is 4.74. The number of benzene rings is 2. The van der Waals surface area contributed by atoms with Crippen LogP contribution >= 0.6 is 0 Å². The van der Waals surface area contributed by atoms with Crippen molar-refractivity contribution in [3.63, 3.8) is 0 Å². The molecule has 3 rings (SSSR count). The fourth-order valence-electron chi connectivity index (χ4n) is 3.22. The van der Waals surface area contributed by atoms with Crippen molar-refractivity contribution < 1.29 is 23.8 Å². The SMILES string of the molecule is COc1ccc(CC(=O)NCCC2C=c3c(OC)ccc(OC)c3=NC2=O)cc1. The standard InChI is InChI=1S/C22H24N2O5/c1-27-16-6-4-14(5-7-16)12-20(25)23-11-10-15-13-17-18(28-2)8-9-19(29-3)21(17)24-22(15)26/h4-9,13,15H,10-12H2,1-3H3,(H,23,25). The van der Waals surface area contributed by atoms with Gasteiger partial charge in [-0.15, -0.1) is 0 Å². The fraction of sp³-hybridized carbons (Fsp3) is 0.318. The zero-order chi connectivity index (χ0) is 20.8. The van der Waals surface area contributed by atoms with Gasteiger partial charge < -0.3 is 19.5 Å². The van der Waals surface area contributed by atoms with Crippen LogP contribution in [0.5, 0.6) is 17.2 Å². The summed E-state index contributed by atoms with van der Waals surface area (Å²) in [4.78, 5) is 28.8. The molecule has 7 nitrogen and oxygen atoms in total. The van der Waals surface area contributed by atoms with Gasteiger partial charge in [0.05, 0.1) is 33.7 Å². The number of rotatable bonds is 8. The summed E-state index contributed by atoms with van der Waals surface area (Å²) >= 11 is 0. The van der Waals surface area contributed by atoms with Gasteiger partial charge in [-0.1, -0.05) is 18.2 Å². The molecule has 152 valence electrons. The van der Waals surface area contributed by atoms with Gasteiger partial charge in [0.15, 0.2) is 0 Å². The largest absolute Gasteiger partial charge is 0.497 e. The lowest BCUT2D eigenvalue weighted by Crippen LogP contribution is -2.37. The molecule has 0 aliphatic carbocycles. The van der Waals surface area contributed by atoms with Crippen LogP contribution in [0.1, 0.15) is 12.0 Å². The van der Waals surface area contributed by atoms with Gasteiger partial charge in [0.1, 0.15) is 22.6 Å². The monoisotopic (exact) mass is 396 g/mol. The molecular formula is C22H24N2O5. The topological polar surface area (TPSA) is 86.2 Å². The molecule has 1 aliphatic rings. The number of methoxy groups -OCH3 is 3. The minimum Gasteiger partial charge on any atom is -0.497 e. The Balaban J connectivity index is 1.63. The fourth-order valence-corrected chi connectivity index (χ4v) is 3.22. The molecule has 1 N–H and O–H groups in total. The first kappa shape index (κ1) is 20.4. The third-order valence-electron chi connectivity index (χ3n) is 4.79. The third-order valence-corrected chi connectivity index (χ3v) is 4.79. The highest BCUT2D eigenvalue weighted by Gasteiger charge is 2.21. The van der Waals surface area contributed by atoms with Crippen molar-refractivity contribution >= 4 is 17.9 Å². The molecule has 0 saturated carbocycles. The maximum Gasteiger partial charge on any atom is 0.253 e. The Morgan fingerprint density at radius 1 is 1.00 bits per heavy atom. The van der Waals surface area contributed by atoms with Crippen molar-refractivity contribution in [3.05, 3.63) is 52.5 Å². The van der Waals surface area contributed by atoms with E-state index in [-0.39, 0.29) is 18.2 Å². The van der Waals surface area contributed by atoms with Crippen LogP contribution in [-0.2, 0) is 16.0 Å². The van der Waals surface area contributed by atoms with E-state index in [1.165, 1.54) is 7.11 Å². The number of amides is 2. The van der Waals surface area contributed by atoms with E-state index < -0.39 is 5.92 Å². The molecule has 0 radical (unpaired) electrons. The number of carbonyl (C=O) groups is 2. The molecule has 2 aromatic rings. The number of carbonyl (C=O) groups excluding carboxylic acids is 2. The van der Waals surface area contributed by atoms with Crippen molar-refractivity contribution in [3.8, 4) is 17.2 Å². The highest BCUT2D eigenvalue weighted by atomic mass is 16.5. The molecule has 0 saturated heterocycles. The van der Waals surface area contributed by atoms with Crippen molar-refractivity contribution in [2.45, 2.75) is 12.8 Å². The summed E-state index contributed by atoms with van der Waals surface area (Å²) in [5.41, 5.74) is 0.893. The number of fused-ring (bicyclic) bond motifs is 1. The predicted molar refractivity (Wildman–Crippen MR) is 108 cm³/mol. The molecule has 0 spiro atoms. The summed E-state index contributed by atoms with van der Waals surface area (Å²) < 4.78 is 15.8. The first-order valence-corrected chi connectivity index (χ1v) is 9.30. The van der Waals surface area contributed by atoms with E-state index in [0.29, 0.717) is 29.8 Å². The van der Waals surface area contributed by atoms with E-state index in [4.69, 9.17) is 14.2 Å². The number of hydrogen-bond donors (Lipinski definition) is 1. The first-order valence-electron chi connectivity index (χ1n) is 9.30. The Labute approximate surface area is 169 Å². The van der Waals surface area contributed by atoms with Crippen LogP contribution in [0.25, 0.3) is 6.08 Å². The molecule has 2 amide bonds. The number of nitrogens with one attached hydrogen (secondary N) is 1. The zero-order valence-corrected chi connectivity index (χ0v) is 16.7. The summed E-state index contributed by atoms with van der Waals surface area (Å²) in [6.45, 7) is 0.374. The van der Waals surface area contributed by atoms with Gasteiger partial charge in [-0.25, -0.2) is 4.99 Å². The van der Waals surface area contributed by atoms with E-state index in [9.17, 15) is 9.59 Å². The Morgan fingerprint density at radius 3 is 2.34 bits per heavy atom. The van der Waals surface area contributed by atoms with Crippen LogP contribution in [0.15, 0.2) is 41.4 Å². The van der Waals surface area contributed by atoms with Gasteiger partial charge in [-0.05, 0) is 36.2 Å². The molecule has 0 fully saturated rings. The molecule has 0 aromatic heterocycles. The van der Waals surface area contributed by atoms with Crippen molar-refractivity contribution in [1.29, 1.82) is 0 Å². The summed E-state index contributed by atoms with van der Waals surface area (Å²) in [5, 5.41) is 4.08. The molecule has 1 heterocycles. The highest BCUT2D eigenvalue weighted by molar-refractivity contribution is 5.87. The van der Waals surface area contributed by atoms with E-state index in [0.717, 1.165) is 16.5 Å². The van der Waals surface area contributed by atoms with E-state index in [1.54, 1.807) is 26.4 Å². The molecule has 1 unspecified atom stereocenters. The van der Waals surface area contributed by atoms with Crippen LogP contribution in [0.3, 0.4) is 0 Å². The zero-order valence-electron chi connectivity index (χ0n) is 16.7. The minimum absolute atomic E-state index is 0.102. The molecule has 2 aromatic carbocycles. The van der Waals surface area contributed by atoms with Crippen molar-refractivity contribution in [1.82, 2.24) is 5.32 Å². The van der Waals surface area contributed by atoms with Gasteiger partial charge in [-0.2, -0.15) is 0 Å². The van der Waals surface area contributed by atoms with Crippen LogP contribution in [0.4, 0.5) is 0 Å². The average molecular weight is 396 g/mol. The van der Waals surface area contributed by atoms with Crippen LogP contribution in [-0.4, -0.2) is 39.7 Å². The summed E-state index contributed by atoms with van der Waals surface area (Å²) in [7, 11) is 4.70. The molecule has 1 aliphatic heterocycles. The van der Waals surface area contributed by atoms with Crippen molar-refractivity contribution in [2.24, 2.45) is 10.9 Å². The van der Waals surface area contributed by atoms with Gasteiger partial charge in [0, 0.05) is 11.8 Å². The van der Waals surface area contributed by atoms with Gasteiger partial charge in [-0.3, -0.25) is 9.59 Å². The second kappa shape index (κ2) is 9.23. The second-order valence-corrected chi connectivity index (χ2v) is 6.62. The lowest BCUT2D eigenvalue weighted by Gasteiger charge is -2.15. The smallest absolute Gasteiger partial charge is 0.253 e. The Bertz CT molecular complexity index is 1010. The summed E-state index contributed by atoms with van der Waals surface area (Å²) in [6.07, 6.45) is 2.56. The average Bonchev–Trinajstić information content (AvgIpc) is 2.74. The second-order valence-electron chi connectivity index (χ2n) is 6.62. The maximum atomic E-state index is 12.4. The van der Waals surface area contributed by atoms with Crippen LogP contribution < -0.4 is 30.1 Å². The normalized spacial score (nSPS) is 14.9. The van der Waals surface area contributed by atoms with E-state index in [2.05, 4.69) is 10.3 Å². The molecule has 7 heteroatoms.